The third-order valence-electron chi connectivity index (χ3n) is 3.93. The molecule has 0 saturated carbocycles. The maximum Gasteiger partial charge on any atom is 0.228 e. The zero-order valence-electron chi connectivity index (χ0n) is 13.4. The van der Waals surface area contributed by atoms with Crippen molar-refractivity contribution in [2.24, 2.45) is 0 Å². The summed E-state index contributed by atoms with van der Waals surface area (Å²) in [5.74, 6) is -0.00405. The van der Waals surface area contributed by atoms with Crippen molar-refractivity contribution < 1.29 is 18.3 Å². The average Bonchev–Trinajstić information content (AvgIpc) is 2.74. The molecule has 0 aromatic carbocycles. The lowest BCUT2D eigenvalue weighted by molar-refractivity contribution is -0.130. The smallest absolute Gasteiger partial charge is 0.228 e. The second-order valence-electron chi connectivity index (χ2n) is 6.09. The van der Waals surface area contributed by atoms with Gasteiger partial charge >= 0.3 is 0 Å². The zero-order valence-corrected chi connectivity index (χ0v) is 15.0. The first-order valence-corrected chi connectivity index (χ1v) is 10.3. The molecule has 130 valence electrons. The number of nitrogens with zero attached hydrogens (tertiary/aromatic N) is 2. The zero-order chi connectivity index (χ0) is 17.1. The summed E-state index contributed by atoms with van der Waals surface area (Å²) in [4.78, 5) is 18.4. The Kier molecular flexibility index (Phi) is 5.77. The molecule has 23 heavy (non-hydrogen) atoms. The largest absolute Gasteiger partial charge is 0.388 e. The molecular formula is C14H23N3O4S2. The fourth-order valence-electron chi connectivity index (χ4n) is 2.63. The minimum absolute atomic E-state index is 0.00405. The fraction of sp³-hybridized carbons (Fsp3) is 0.714. The number of thiazole rings is 1. The number of nitrogens with one attached hydrogen (secondary N) is 1. The number of aromatic nitrogens is 1. The van der Waals surface area contributed by atoms with Crippen molar-refractivity contribution in [2.45, 2.75) is 38.2 Å². The molecule has 1 aliphatic rings. The molecule has 0 bridgehead atoms. The van der Waals surface area contributed by atoms with Crippen LogP contribution < -0.4 is 4.72 Å². The standard InChI is InChI=1S/C14H23N3O4S2/c1-11-16-12(9-22-11)8-13(18)17-6-3-4-14(19,5-7-17)10-15-23(2,20)21/h9,15,19H,3-8,10H2,1-2H3. The Bertz CT molecular complexity index is 659. The van der Waals surface area contributed by atoms with Gasteiger partial charge in [-0.15, -0.1) is 11.3 Å². The molecule has 0 aliphatic carbocycles. The molecule has 1 aromatic rings. The van der Waals surface area contributed by atoms with Crippen molar-refractivity contribution in [1.29, 1.82) is 0 Å². The van der Waals surface area contributed by atoms with Crippen molar-refractivity contribution in [3.05, 3.63) is 16.1 Å². The predicted molar refractivity (Wildman–Crippen MR) is 88.8 cm³/mol. The number of amides is 1. The van der Waals surface area contributed by atoms with Gasteiger partial charge in [0.15, 0.2) is 0 Å². The third-order valence-corrected chi connectivity index (χ3v) is 5.42. The fourth-order valence-corrected chi connectivity index (χ4v) is 3.77. The second-order valence-corrected chi connectivity index (χ2v) is 8.98. The first-order chi connectivity index (χ1) is 10.7. The molecule has 2 heterocycles. The van der Waals surface area contributed by atoms with E-state index in [1.54, 1.807) is 4.90 Å². The topological polar surface area (TPSA) is 99.6 Å². The van der Waals surface area contributed by atoms with E-state index in [2.05, 4.69) is 9.71 Å². The Morgan fingerprint density at radius 2 is 2.22 bits per heavy atom. The highest BCUT2D eigenvalue weighted by molar-refractivity contribution is 7.88. The van der Waals surface area contributed by atoms with Crippen LogP contribution in [0, 0.1) is 6.92 Å². The average molecular weight is 361 g/mol. The van der Waals surface area contributed by atoms with E-state index in [0.717, 1.165) is 17.0 Å². The van der Waals surface area contributed by atoms with Gasteiger partial charge in [0.2, 0.25) is 15.9 Å². The Morgan fingerprint density at radius 3 is 2.83 bits per heavy atom. The molecule has 1 aliphatic heterocycles. The number of hydrogen-bond acceptors (Lipinski definition) is 6. The van der Waals surface area contributed by atoms with E-state index in [4.69, 9.17) is 0 Å². The van der Waals surface area contributed by atoms with Gasteiger partial charge in [-0.05, 0) is 26.2 Å². The number of carbonyl (C=O) groups is 1. The molecule has 1 unspecified atom stereocenters. The van der Waals surface area contributed by atoms with Crippen molar-refractivity contribution in [3.8, 4) is 0 Å². The maximum absolute atomic E-state index is 12.4. The summed E-state index contributed by atoms with van der Waals surface area (Å²) in [7, 11) is -3.34. The molecule has 7 nitrogen and oxygen atoms in total. The number of carbonyl (C=O) groups excluding carboxylic acids is 1. The normalized spacial score (nSPS) is 22.8. The molecular weight excluding hydrogens is 338 g/mol. The lowest BCUT2D eigenvalue weighted by Crippen LogP contribution is -2.43. The van der Waals surface area contributed by atoms with Gasteiger partial charge < -0.3 is 10.0 Å². The molecule has 1 atom stereocenters. The maximum atomic E-state index is 12.4. The van der Waals surface area contributed by atoms with Gasteiger partial charge in [0.1, 0.15) is 0 Å². The van der Waals surface area contributed by atoms with Crippen LogP contribution in [0.15, 0.2) is 5.38 Å². The first kappa shape index (κ1) is 18.3. The third kappa shape index (κ3) is 5.83. The van der Waals surface area contributed by atoms with Gasteiger partial charge in [-0.1, -0.05) is 0 Å². The Labute approximate surface area is 140 Å². The molecule has 2 rings (SSSR count). The minimum Gasteiger partial charge on any atom is -0.388 e. The highest BCUT2D eigenvalue weighted by atomic mass is 32.2. The lowest BCUT2D eigenvalue weighted by Gasteiger charge is -2.26. The Hall–Kier alpha value is -1.03. The van der Waals surface area contributed by atoms with Crippen LogP contribution in [0.1, 0.15) is 30.0 Å². The van der Waals surface area contributed by atoms with Crippen LogP contribution in [0.3, 0.4) is 0 Å². The summed E-state index contributed by atoms with van der Waals surface area (Å²) in [5.41, 5.74) is -0.328. The summed E-state index contributed by atoms with van der Waals surface area (Å²) < 4.78 is 24.7. The summed E-state index contributed by atoms with van der Waals surface area (Å²) >= 11 is 1.52. The van der Waals surface area contributed by atoms with Crippen LogP contribution >= 0.6 is 11.3 Å². The number of aryl methyl sites for hydroxylation is 1. The van der Waals surface area contributed by atoms with Crippen LogP contribution in [0.2, 0.25) is 0 Å². The van der Waals surface area contributed by atoms with E-state index in [9.17, 15) is 18.3 Å². The van der Waals surface area contributed by atoms with E-state index in [1.165, 1.54) is 11.3 Å². The molecule has 1 amide bonds. The number of rotatable bonds is 5. The molecule has 0 radical (unpaired) electrons. The SMILES string of the molecule is Cc1nc(CC(=O)N2CCCC(O)(CNS(C)(=O)=O)CC2)cs1. The number of aliphatic hydroxyl groups is 1. The number of hydrogen-bond donors (Lipinski definition) is 2. The van der Waals surface area contributed by atoms with Crippen LogP contribution in [0.25, 0.3) is 0 Å². The van der Waals surface area contributed by atoms with Crippen molar-refractivity contribution in [2.75, 3.05) is 25.9 Å². The van der Waals surface area contributed by atoms with Crippen molar-refractivity contribution in [1.82, 2.24) is 14.6 Å². The second kappa shape index (κ2) is 7.25. The highest BCUT2D eigenvalue weighted by Crippen LogP contribution is 2.22. The number of likely N-dealkylation sites (tertiary alicyclic amines) is 1. The van der Waals surface area contributed by atoms with E-state index >= 15 is 0 Å². The van der Waals surface area contributed by atoms with Crippen LogP contribution in [0.4, 0.5) is 0 Å². The summed E-state index contributed by atoms with van der Waals surface area (Å²) in [6.07, 6.45) is 2.80. The summed E-state index contributed by atoms with van der Waals surface area (Å²) in [5, 5.41) is 13.4. The van der Waals surface area contributed by atoms with Gasteiger partial charge in [0.05, 0.1) is 29.0 Å². The van der Waals surface area contributed by atoms with E-state index < -0.39 is 15.6 Å². The van der Waals surface area contributed by atoms with Crippen LogP contribution in [-0.4, -0.2) is 60.8 Å². The lowest BCUT2D eigenvalue weighted by atomic mass is 9.95. The predicted octanol–water partition coefficient (Wildman–Crippen LogP) is 0.287. The molecule has 1 fully saturated rings. The van der Waals surface area contributed by atoms with Gasteiger partial charge in [-0.25, -0.2) is 18.1 Å². The van der Waals surface area contributed by atoms with E-state index in [-0.39, 0.29) is 18.9 Å². The van der Waals surface area contributed by atoms with Gasteiger partial charge in [-0.2, -0.15) is 0 Å². The molecule has 0 spiro atoms. The first-order valence-electron chi connectivity index (χ1n) is 7.53. The molecule has 1 saturated heterocycles. The van der Waals surface area contributed by atoms with Crippen molar-refractivity contribution >= 4 is 27.3 Å². The van der Waals surface area contributed by atoms with Gasteiger partial charge in [0, 0.05) is 25.0 Å². The molecule has 2 N–H and O–H groups in total. The van der Waals surface area contributed by atoms with Gasteiger partial charge in [0.25, 0.3) is 0 Å². The van der Waals surface area contributed by atoms with Crippen LogP contribution in [0.5, 0.6) is 0 Å². The quantitative estimate of drug-likeness (QED) is 0.785. The monoisotopic (exact) mass is 361 g/mol. The van der Waals surface area contributed by atoms with Crippen molar-refractivity contribution in [3.63, 3.8) is 0 Å². The highest BCUT2D eigenvalue weighted by Gasteiger charge is 2.32. The Morgan fingerprint density at radius 1 is 1.48 bits per heavy atom. The molecule has 9 heteroatoms. The number of sulfonamides is 1. The van der Waals surface area contributed by atoms with Gasteiger partial charge in [-0.3, -0.25) is 4.79 Å². The Balaban J connectivity index is 1.91. The van der Waals surface area contributed by atoms with E-state index in [1.807, 2.05) is 12.3 Å². The van der Waals surface area contributed by atoms with Crippen LogP contribution in [-0.2, 0) is 21.2 Å². The summed E-state index contributed by atoms with van der Waals surface area (Å²) in [6.45, 7) is 2.88. The summed E-state index contributed by atoms with van der Waals surface area (Å²) in [6, 6.07) is 0. The minimum atomic E-state index is -3.34. The van der Waals surface area contributed by atoms with E-state index in [0.29, 0.717) is 32.4 Å². The molecule has 1 aromatic heterocycles.